The Labute approximate surface area is 90.7 Å². The van der Waals surface area contributed by atoms with Gasteiger partial charge in [-0.2, -0.15) is 0 Å². The zero-order chi connectivity index (χ0) is 9.42. The van der Waals surface area contributed by atoms with E-state index < -0.39 is 0 Å². The number of anilines is 1. The Morgan fingerprint density at radius 3 is 2.85 bits per heavy atom. The molecule has 0 aliphatic rings. The summed E-state index contributed by atoms with van der Waals surface area (Å²) in [4.78, 5) is 0.930. The van der Waals surface area contributed by atoms with Crippen molar-refractivity contribution >= 4 is 51.5 Å². The van der Waals surface area contributed by atoms with E-state index in [9.17, 15) is 0 Å². The van der Waals surface area contributed by atoms with Crippen molar-refractivity contribution in [3.63, 3.8) is 0 Å². The van der Waals surface area contributed by atoms with E-state index >= 15 is 0 Å². The van der Waals surface area contributed by atoms with Crippen LogP contribution < -0.4 is 5.73 Å². The SMILES string of the molecule is CSc1cc2c(N)cc(S)cc2s1. The second-order valence-corrected chi connectivity index (χ2v) is 5.42. The Morgan fingerprint density at radius 1 is 1.38 bits per heavy atom. The summed E-state index contributed by atoms with van der Waals surface area (Å²) in [6.45, 7) is 0. The monoisotopic (exact) mass is 227 g/mol. The molecule has 0 unspecified atom stereocenters. The Balaban J connectivity index is 2.75. The molecular formula is C9H9NS3. The average Bonchev–Trinajstić information content (AvgIpc) is 2.47. The average molecular weight is 227 g/mol. The lowest BCUT2D eigenvalue weighted by atomic mass is 10.2. The van der Waals surface area contributed by atoms with Crippen molar-refractivity contribution < 1.29 is 0 Å². The minimum atomic E-state index is 0.819. The quantitative estimate of drug-likeness (QED) is 0.443. The molecule has 0 saturated heterocycles. The van der Waals surface area contributed by atoms with Crippen molar-refractivity contribution in [3.05, 3.63) is 18.2 Å². The third-order valence-corrected chi connectivity index (χ3v) is 4.24. The number of rotatable bonds is 1. The zero-order valence-corrected chi connectivity index (χ0v) is 9.60. The lowest BCUT2D eigenvalue weighted by Crippen LogP contribution is -1.84. The summed E-state index contributed by atoms with van der Waals surface area (Å²) in [5, 5.41) is 1.15. The number of hydrogen-bond donors (Lipinski definition) is 2. The maximum atomic E-state index is 5.87. The highest BCUT2D eigenvalue weighted by Crippen LogP contribution is 2.36. The molecule has 0 aliphatic heterocycles. The highest BCUT2D eigenvalue weighted by molar-refractivity contribution is 8.00. The van der Waals surface area contributed by atoms with Crippen LogP contribution in [0.1, 0.15) is 0 Å². The van der Waals surface area contributed by atoms with Gasteiger partial charge < -0.3 is 5.73 Å². The summed E-state index contributed by atoms with van der Waals surface area (Å²) in [5.74, 6) is 0. The van der Waals surface area contributed by atoms with E-state index in [-0.39, 0.29) is 0 Å². The van der Waals surface area contributed by atoms with Crippen LogP contribution in [0.5, 0.6) is 0 Å². The molecule has 2 N–H and O–H groups in total. The van der Waals surface area contributed by atoms with Gasteiger partial charge in [0.05, 0.1) is 4.21 Å². The first kappa shape index (κ1) is 9.24. The topological polar surface area (TPSA) is 26.0 Å². The van der Waals surface area contributed by atoms with Crippen LogP contribution in [-0.4, -0.2) is 6.26 Å². The van der Waals surface area contributed by atoms with Gasteiger partial charge in [0.2, 0.25) is 0 Å². The van der Waals surface area contributed by atoms with Crippen LogP contribution in [0.3, 0.4) is 0 Å². The molecule has 0 amide bonds. The molecule has 2 aromatic rings. The lowest BCUT2D eigenvalue weighted by Gasteiger charge is -1.96. The van der Waals surface area contributed by atoms with Gasteiger partial charge in [0, 0.05) is 20.7 Å². The summed E-state index contributed by atoms with van der Waals surface area (Å²) in [7, 11) is 0. The fourth-order valence-electron chi connectivity index (χ4n) is 1.23. The first-order valence-electron chi connectivity index (χ1n) is 3.76. The number of fused-ring (bicyclic) bond motifs is 1. The molecule has 1 aromatic heterocycles. The van der Waals surface area contributed by atoms with E-state index in [1.54, 1.807) is 23.1 Å². The highest BCUT2D eigenvalue weighted by atomic mass is 32.2. The third kappa shape index (κ3) is 1.66. The lowest BCUT2D eigenvalue weighted by molar-refractivity contribution is 1.54. The minimum Gasteiger partial charge on any atom is -0.398 e. The van der Waals surface area contributed by atoms with E-state index in [1.807, 2.05) is 6.07 Å². The molecule has 13 heavy (non-hydrogen) atoms. The third-order valence-electron chi connectivity index (χ3n) is 1.83. The van der Waals surface area contributed by atoms with Crippen LogP contribution in [-0.2, 0) is 0 Å². The van der Waals surface area contributed by atoms with Crippen LogP contribution in [0.25, 0.3) is 10.1 Å². The molecule has 4 heteroatoms. The summed E-state index contributed by atoms with van der Waals surface area (Å²) in [5.41, 5.74) is 6.69. The zero-order valence-electron chi connectivity index (χ0n) is 7.07. The molecule has 1 nitrogen and oxygen atoms in total. The molecule has 0 aliphatic carbocycles. The highest BCUT2D eigenvalue weighted by Gasteiger charge is 2.04. The number of benzene rings is 1. The van der Waals surface area contributed by atoms with Crippen molar-refractivity contribution in [1.82, 2.24) is 0 Å². The Morgan fingerprint density at radius 2 is 2.15 bits per heavy atom. The number of thiol groups is 1. The van der Waals surface area contributed by atoms with Crippen molar-refractivity contribution in [2.75, 3.05) is 12.0 Å². The standard InChI is InChI=1S/C9H9NS3/c1-12-9-4-6-7(10)2-5(11)3-8(6)13-9/h2-4,11H,10H2,1H3. The molecule has 1 heterocycles. The number of nitrogens with two attached hydrogens (primary N) is 1. The van der Waals surface area contributed by atoms with Gasteiger partial charge in [0.15, 0.2) is 0 Å². The summed E-state index contributed by atoms with van der Waals surface area (Å²) in [6, 6.07) is 6.08. The van der Waals surface area contributed by atoms with Gasteiger partial charge >= 0.3 is 0 Å². The van der Waals surface area contributed by atoms with Crippen LogP contribution in [0.4, 0.5) is 5.69 Å². The second-order valence-electron chi connectivity index (χ2n) is 2.72. The Kier molecular flexibility index (Phi) is 2.45. The van der Waals surface area contributed by atoms with Gasteiger partial charge in [-0.1, -0.05) is 0 Å². The molecular weight excluding hydrogens is 218 g/mol. The van der Waals surface area contributed by atoms with Gasteiger partial charge in [0.25, 0.3) is 0 Å². The van der Waals surface area contributed by atoms with Gasteiger partial charge in [0.1, 0.15) is 0 Å². The molecule has 0 spiro atoms. The van der Waals surface area contributed by atoms with Crippen LogP contribution in [0, 0.1) is 0 Å². The number of nitrogen functional groups attached to an aromatic ring is 1. The summed E-state index contributed by atoms with van der Waals surface area (Å²) in [6.07, 6.45) is 2.07. The Hall–Kier alpha value is -0.320. The van der Waals surface area contributed by atoms with E-state index in [4.69, 9.17) is 5.73 Å². The van der Waals surface area contributed by atoms with Crippen LogP contribution in [0.15, 0.2) is 27.3 Å². The number of thiophene rings is 1. The molecule has 0 fully saturated rings. The molecule has 2 rings (SSSR count). The van der Waals surface area contributed by atoms with E-state index in [0.717, 1.165) is 16.0 Å². The fourth-order valence-corrected chi connectivity index (χ4v) is 3.29. The minimum absolute atomic E-state index is 0.819. The molecule has 1 aromatic carbocycles. The maximum absolute atomic E-state index is 5.87. The van der Waals surface area contributed by atoms with Crippen molar-refractivity contribution in [2.45, 2.75) is 9.10 Å². The maximum Gasteiger partial charge on any atom is 0.0609 e. The Bertz CT molecular complexity index is 447. The predicted molar refractivity (Wildman–Crippen MR) is 65.3 cm³/mol. The molecule has 68 valence electrons. The normalized spacial score (nSPS) is 10.9. The first-order chi connectivity index (χ1) is 6.20. The summed E-state index contributed by atoms with van der Waals surface area (Å²) >= 11 is 7.80. The van der Waals surface area contributed by atoms with Crippen molar-refractivity contribution in [1.29, 1.82) is 0 Å². The van der Waals surface area contributed by atoms with Crippen LogP contribution in [0.2, 0.25) is 0 Å². The van der Waals surface area contributed by atoms with Gasteiger partial charge in [-0.3, -0.25) is 0 Å². The summed E-state index contributed by atoms with van der Waals surface area (Å²) < 4.78 is 2.51. The first-order valence-corrected chi connectivity index (χ1v) is 6.25. The second kappa shape index (κ2) is 3.44. The van der Waals surface area contributed by atoms with Gasteiger partial charge in [-0.15, -0.1) is 35.7 Å². The molecule has 0 radical (unpaired) electrons. The molecule has 0 saturated carbocycles. The van der Waals surface area contributed by atoms with Gasteiger partial charge in [-0.05, 0) is 24.5 Å². The fraction of sp³-hybridized carbons (Fsp3) is 0.111. The van der Waals surface area contributed by atoms with Gasteiger partial charge in [-0.25, -0.2) is 0 Å². The van der Waals surface area contributed by atoms with E-state index in [2.05, 4.69) is 31.0 Å². The smallest absolute Gasteiger partial charge is 0.0609 e. The molecule has 0 atom stereocenters. The largest absolute Gasteiger partial charge is 0.398 e. The number of hydrogen-bond acceptors (Lipinski definition) is 4. The van der Waals surface area contributed by atoms with Crippen molar-refractivity contribution in [3.8, 4) is 0 Å². The van der Waals surface area contributed by atoms with Crippen LogP contribution >= 0.6 is 35.7 Å². The van der Waals surface area contributed by atoms with Crippen molar-refractivity contribution in [2.24, 2.45) is 0 Å². The van der Waals surface area contributed by atoms with E-state index in [1.165, 1.54) is 8.91 Å². The molecule has 0 bridgehead atoms. The predicted octanol–water partition coefficient (Wildman–Crippen LogP) is 3.49. The number of thioether (sulfide) groups is 1. The van der Waals surface area contributed by atoms with E-state index in [0.29, 0.717) is 0 Å².